The molecule has 296 valence electrons. The molecule has 0 fully saturated rings. The van der Waals surface area contributed by atoms with Crippen molar-refractivity contribution in [1.82, 2.24) is 9.13 Å². The Morgan fingerprint density at radius 2 is 0.677 bits per heavy atom. The van der Waals surface area contributed by atoms with Gasteiger partial charge in [-0.2, -0.15) is 0 Å². The van der Waals surface area contributed by atoms with Gasteiger partial charge in [0, 0.05) is 37.4 Å². The number of hydrogen-bond donors (Lipinski definition) is 2. The second-order valence-electron chi connectivity index (χ2n) is 15.2. The van der Waals surface area contributed by atoms with Crippen LogP contribution in [0.25, 0.3) is 87.7 Å². The van der Waals surface area contributed by atoms with Crippen molar-refractivity contribution in [2.45, 2.75) is 0 Å². The van der Waals surface area contributed by atoms with Crippen molar-refractivity contribution in [2.75, 3.05) is 0 Å². The molecule has 0 unspecified atom stereocenters. The summed E-state index contributed by atoms with van der Waals surface area (Å²) < 4.78 is 5.77. The summed E-state index contributed by atoms with van der Waals surface area (Å²) in [5.74, 6) is 0. The smallest absolute Gasteiger partial charge is 0.423 e. The first-order valence-electron chi connectivity index (χ1n) is 20.7. The Balaban J connectivity index is 0.000000120. The number of aromatic nitrogens is 2. The highest BCUT2D eigenvalue weighted by atomic mass is 79.9. The number of halogens is 1. The SMILES string of the molecule is Brc1ccc(-n2c3ccccc3c3ccccc32)cc1.OB(O)c1cccc2ccccc12.c1ccc2c(-c3ccc(-n4c5ccccc5c5ccccc54)cc3)cccc2c1. The van der Waals surface area contributed by atoms with Gasteiger partial charge in [0.2, 0.25) is 0 Å². The van der Waals surface area contributed by atoms with Crippen LogP contribution in [0.4, 0.5) is 0 Å². The molecule has 0 atom stereocenters. The fourth-order valence-corrected chi connectivity index (χ4v) is 9.00. The number of hydrogen-bond acceptors (Lipinski definition) is 2. The minimum absolute atomic E-state index is 0.554. The molecule has 2 N–H and O–H groups in total. The predicted octanol–water partition coefficient (Wildman–Crippen LogP) is 13.7. The molecule has 10 aromatic carbocycles. The van der Waals surface area contributed by atoms with Gasteiger partial charge in [0.1, 0.15) is 0 Å². The van der Waals surface area contributed by atoms with Crippen LogP contribution in [-0.4, -0.2) is 26.3 Å². The predicted molar refractivity (Wildman–Crippen MR) is 266 cm³/mol. The molecular weight excluding hydrogens is 823 g/mol. The summed E-state index contributed by atoms with van der Waals surface area (Å²) in [7, 11) is -1.40. The summed E-state index contributed by atoms with van der Waals surface area (Å²) in [6.07, 6.45) is 0. The summed E-state index contributed by atoms with van der Waals surface area (Å²) in [5.41, 5.74) is 10.4. The molecule has 0 spiro atoms. The second kappa shape index (κ2) is 17.0. The molecule has 6 heteroatoms. The molecule has 62 heavy (non-hydrogen) atoms. The van der Waals surface area contributed by atoms with E-state index >= 15 is 0 Å². The van der Waals surface area contributed by atoms with Crippen molar-refractivity contribution >= 4 is 93.7 Å². The summed E-state index contributed by atoms with van der Waals surface area (Å²) in [6, 6.07) is 80.0. The highest BCUT2D eigenvalue weighted by Gasteiger charge is 2.14. The number of fused-ring (bicyclic) bond motifs is 8. The van der Waals surface area contributed by atoms with Crippen LogP contribution in [0.1, 0.15) is 0 Å². The Kier molecular flexibility index (Phi) is 10.7. The number of benzene rings is 10. The first-order chi connectivity index (χ1) is 30.5. The van der Waals surface area contributed by atoms with Crippen molar-refractivity contribution < 1.29 is 10.0 Å². The molecule has 2 aromatic heterocycles. The van der Waals surface area contributed by atoms with Crippen LogP contribution in [0, 0.1) is 0 Å². The Hall–Kier alpha value is -7.22. The van der Waals surface area contributed by atoms with E-state index in [1.54, 1.807) is 6.07 Å². The molecule has 0 aliphatic carbocycles. The average molecular weight is 864 g/mol. The molecule has 12 aromatic rings. The van der Waals surface area contributed by atoms with Gasteiger partial charge in [-0.3, -0.25) is 0 Å². The first kappa shape index (κ1) is 39.0. The zero-order chi connectivity index (χ0) is 42.0. The van der Waals surface area contributed by atoms with Gasteiger partial charge in [-0.25, -0.2) is 0 Å². The normalized spacial score (nSPS) is 11.1. The first-order valence-corrected chi connectivity index (χ1v) is 21.5. The van der Waals surface area contributed by atoms with E-state index in [-0.39, 0.29) is 0 Å². The molecular formula is C56H40BBrN2O2. The Labute approximate surface area is 368 Å². The lowest BCUT2D eigenvalue weighted by atomic mass is 9.77. The topological polar surface area (TPSA) is 50.3 Å². The summed E-state index contributed by atoms with van der Waals surface area (Å²) in [4.78, 5) is 0. The van der Waals surface area contributed by atoms with Gasteiger partial charge in [0.25, 0.3) is 0 Å². The fraction of sp³-hybridized carbons (Fsp3) is 0. The third kappa shape index (κ3) is 7.35. The van der Waals surface area contributed by atoms with Gasteiger partial charge >= 0.3 is 7.12 Å². The lowest BCUT2D eigenvalue weighted by molar-refractivity contribution is 0.426. The third-order valence-corrected chi connectivity index (χ3v) is 12.1. The van der Waals surface area contributed by atoms with E-state index in [2.05, 4.69) is 213 Å². The quantitative estimate of drug-likeness (QED) is 0.173. The number of para-hydroxylation sites is 4. The van der Waals surface area contributed by atoms with Crippen LogP contribution >= 0.6 is 15.9 Å². The maximum Gasteiger partial charge on any atom is 0.489 e. The number of nitrogens with zero attached hydrogens (tertiary/aromatic N) is 2. The largest absolute Gasteiger partial charge is 0.489 e. The van der Waals surface area contributed by atoms with Gasteiger partial charge in [0.15, 0.2) is 0 Å². The Bertz CT molecular complexity index is 3400. The van der Waals surface area contributed by atoms with E-state index in [0.29, 0.717) is 5.46 Å². The van der Waals surface area contributed by atoms with Gasteiger partial charge < -0.3 is 19.2 Å². The third-order valence-electron chi connectivity index (χ3n) is 11.6. The molecule has 12 rings (SSSR count). The molecule has 0 amide bonds. The highest BCUT2D eigenvalue weighted by molar-refractivity contribution is 9.10. The van der Waals surface area contributed by atoms with Gasteiger partial charge in [-0.05, 0) is 98.8 Å². The van der Waals surface area contributed by atoms with Crippen LogP contribution in [-0.2, 0) is 0 Å². The van der Waals surface area contributed by atoms with E-state index < -0.39 is 7.12 Å². The van der Waals surface area contributed by atoms with E-state index in [1.165, 1.54) is 76.9 Å². The van der Waals surface area contributed by atoms with E-state index in [1.807, 2.05) is 36.4 Å². The zero-order valence-corrected chi connectivity index (χ0v) is 35.3. The molecule has 0 saturated heterocycles. The van der Waals surface area contributed by atoms with Crippen LogP contribution in [0.3, 0.4) is 0 Å². The Morgan fingerprint density at radius 1 is 0.323 bits per heavy atom. The van der Waals surface area contributed by atoms with Gasteiger partial charge in [0.05, 0.1) is 22.1 Å². The maximum atomic E-state index is 9.08. The molecule has 0 aliphatic rings. The highest BCUT2D eigenvalue weighted by Crippen LogP contribution is 2.35. The molecule has 0 saturated carbocycles. The van der Waals surface area contributed by atoms with Gasteiger partial charge in [-0.1, -0.05) is 186 Å². The van der Waals surface area contributed by atoms with Crippen molar-refractivity contribution in [3.63, 3.8) is 0 Å². The van der Waals surface area contributed by atoms with E-state index in [9.17, 15) is 0 Å². The molecule has 0 aliphatic heterocycles. The minimum atomic E-state index is -1.40. The summed E-state index contributed by atoms with van der Waals surface area (Å²) >= 11 is 3.50. The number of rotatable bonds is 4. The second-order valence-corrected chi connectivity index (χ2v) is 16.1. The molecule has 2 heterocycles. The minimum Gasteiger partial charge on any atom is -0.423 e. The monoisotopic (exact) mass is 862 g/mol. The fourth-order valence-electron chi connectivity index (χ4n) is 8.73. The average Bonchev–Trinajstić information content (AvgIpc) is 3.85. The zero-order valence-electron chi connectivity index (χ0n) is 33.7. The lowest BCUT2D eigenvalue weighted by Crippen LogP contribution is -2.30. The standard InChI is InChI=1S/C28H19N.C18H12BrN.C10H9BO2/c1-2-10-23-20(8-1)9-7-13-24(23)21-16-18-22(19-17-21)29-27-14-5-3-11-25(27)26-12-4-6-15-28(26)29;19-13-9-11-14(12-10-13)20-17-7-3-1-5-15(17)16-6-2-4-8-18(16)20;12-11(13)10-7-3-5-8-4-1-2-6-9(8)10/h1-19H;1-12H;1-7,12-13H. The van der Waals surface area contributed by atoms with E-state index in [4.69, 9.17) is 10.0 Å². The van der Waals surface area contributed by atoms with Crippen molar-refractivity contribution in [1.29, 1.82) is 0 Å². The molecule has 0 bridgehead atoms. The molecule has 4 nitrogen and oxygen atoms in total. The van der Waals surface area contributed by atoms with Crippen LogP contribution in [0.2, 0.25) is 0 Å². The summed E-state index contributed by atoms with van der Waals surface area (Å²) in [6.45, 7) is 0. The lowest BCUT2D eigenvalue weighted by Gasteiger charge is -2.11. The van der Waals surface area contributed by atoms with Crippen LogP contribution < -0.4 is 5.46 Å². The Morgan fingerprint density at radius 3 is 1.15 bits per heavy atom. The maximum absolute atomic E-state index is 9.08. The van der Waals surface area contributed by atoms with Crippen LogP contribution in [0.5, 0.6) is 0 Å². The van der Waals surface area contributed by atoms with E-state index in [0.717, 1.165) is 15.2 Å². The van der Waals surface area contributed by atoms with Crippen molar-refractivity contribution in [2.24, 2.45) is 0 Å². The van der Waals surface area contributed by atoms with Crippen molar-refractivity contribution in [3.05, 3.63) is 235 Å². The van der Waals surface area contributed by atoms with Gasteiger partial charge in [-0.15, -0.1) is 0 Å². The van der Waals surface area contributed by atoms with Crippen LogP contribution in [0.15, 0.2) is 235 Å². The van der Waals surface area contributed by atoms with Crippen molar-refractivity contribution in [3.8, 4) is 22.5 Å². The summed E-state index contributed by atoms with van der Waals surface area (Å²) in [5, 5.41) is 27.8. The molecule has 0 radical (unpaired) electrons.